The molecule has 1 heterocycles. The van der Waals surface area contributed by atoms with Crippen LogP contribution < -0.4 is 0 Å². The van der Waals surface area contributed by atoms with Crippen molar-refractivity contribution in [2.75, 3.05) is 25.7 Å². The lowest BCUT2D eigenvalue weighted by molar-refractivity contribution is -0.151. The number of thioether (sulfide) groups is 1. The van der Waals surface area contributed by atoms with Crippen LogP contribution in [-0.4, -0.2) is 62.1 Å². The van der Waals surface area contributed by atoms with E-state index in [-0.39, 0.29) is 6.54 Å². The largest absolute Gasteiger partial charge is 0.467 e. The summed E-state index contributed by atoms with van der Waals surface area (Å²) in [5.41, 5.74) is 0. The minimum Gasteiger partial charge on any atom is -0.467 e. The van der Waals surface area contributed by atoms with Gasteiger partial charge in [0.2, 0.25) is 5.91 Å². The van der Waals surface area contributed by atoms with Crippen molar-refractivity contribution in [3.8, 4) is 0 Å². The van der Waals surface area contributed by atoms with Crippen molar-refractivity contribution in [2.24, 2.45) is 0 Å². The number of amides is 1. The van der Waals surface area contributed by atoms with E-state index in [9.17, 15) is 21.9 Å². The third-order valence-electron chi connectivity index (χ3n) is 2.97. The normalized spacial score (nSPS) is 21.5. The van der Waals surface area contributed by atoms with Crippen LogP contribution in [0.3, 0.4) is 0 Å². The highest BCUT2D eigenvalue weighted by molar-refractivity contribution is 7.98. The van der Waals surface area contributed by atoms with E-state index >= 15 is 0 Å². The van der Waals surface area contributed by atoms with Gasteiger partial charge in [0.1, 0.15) is 11.3 Å². The summed E-state index contributed by atoms with van der Waals surface area (Å²) in [6.45, 7) is -0.300. The summed E-state index contributed by atoms with van der Waals surface area (Å²) in [6.07, 6.45) is 1.76. The topological polar surface area (TPSA) is 80.8 Å². The summed E-state index contributed by atoms with van der Waals surface area (Å²) in [7, 11) is -3.58. The molecular weight excluding hydrogens is 297 g/mol. The SMILES string of the molecule is COC(=O)C(CCSC)N1CC(S(=O)(=O)F)CC1=O. The van der Waals surface area contributed by atoms with Gasteiger partial charge in [-0.25, -0.2) is 4.79 Å². The smallest absolute Gasteiger partial charge is 0.328 e. The molecule has 0 spiro atoms. The molecule has 0 radical (unpaired) electrons. The molecule has 2 atom stereocenters. The van der Waals surface area contributed by atoms with Crippen LogP contribution in [0, 0.1) is 0 Å². The van der Waals surface area contributed by atoms with E-state index in [1.54, 1.807) is 0 Å². The van der Waals surface area contributed by atoms with E-state index in [4.69, 9.17) is 0 Å². The lowest BCUT2D eigenvalue weighted by Crippen LogP contribution is -2.43. The minimum atomic E-state index is -4.77. The number of nitrogens with zero attached hydrogens (tertiary/aromatic N) is 1. The summed E-state index contributed by atoms with van der Waals surface area (Å²) < 4.78 is 39.2. The van der Waals surface area contributed by atoms with E-state index in [2.05, 4.69) is 4.74 Å². The highest BCUT2D eigenvalue weighted by Crippen LogP contribution is 2.24. The Morgan fingerprint density at radius 2 is 2.26 bits per heavy atom. The molecule has 0 aromatic heterocycles. The van der Waals surface area contributed by atoms with E-state index in [0.29, 0.717) is 12.2 Å². The van der Waals surface area contributed by atoms with Gasteiger partial charge in [-0.15, -0.1) is 3.89 Å². The number of methoxy groups -OCH3 is 1. The Labute approximate surface area is 115 Å². The molecular formula is C10H16FNO5S2. The van der Waals surface area contributed by atoms with Crippen LogP contribution in [0.4, 0.5) is 3.89 Å². The first-order chi connectivity index (χ1) is 8.81. The van der Waals surface area contributed by atoms with Gasteiger partial charge in [-0.1, -0.05) is 0 Å². The van der Waals surface area contributed by atoms with Crippen molar-refractivity contribution in [3.63, 3.8) is 0 Å². The third-order valence-corrected chi connectivity index (χ3v) is 4.72. The summed E-state index contributed by atoms with van der Waals surface area (Å²) in [5.74, 6) is -0.543. The Morgan fingerprint density at radius 3 is 2.68 bits per heavy atom. The molecule has 9 heteroatoms. The van der Waals surface area contributed by atoms with E-state index in [0.717, 1.165) is 4.90 Å². The van der Waals surface area contributed by atoms with Gasteiger partial charge in [0.15, 0.2) is 0 Å². The predicted octanol–water partition coefficient (Wildman–Crippen LogP) is 0.181. The first-order valence-corrected chi connectivity index (χ1v) is 8.45. The Hall–Kier alpha value is -0.830. The van der Waals surface area contributed by atoms with Crippen molar-refractivity contribution < 1.29 is 26.6 Å². The van der Waals surface area contributed by atoms with Crippen LogP contribution in [0.25, 0.3) is 0 Å². The van der Waals surface area contributed by atoms with Gasteiger partial charge < -0.3 is 9.64 Å². The molecule has 1 rings (SSSR count). The lowest BCUT2D eigenvalue weighted by Gasteiger charge is -2.25. The van der Waals surface area contributed by atoms with Crippen LogP contribution >= 0.6 is 11.8 Å². The van der Waals surface area contributed by atoms with Crippen molar-refractivity contribution in [1.82, 2.24) is 4.90 Å². The van der Waals surface area contributed by atoms with E-state index in [1.807, 2.05) is 6.26 Å². The molecule has 6 nitrogen and oxygen atoms in total. The first-order valence-electron chi connectivity index (χ1n) is 5.61. The standard InChI is InChI=1S/C10H16FNO5S2/c1-17-10(14)8(3-4-18-2)12-6-7(5-9(12)13)19(11,15)16/h7-8H,3-6H2,1-2H3. The van der Waals surface area contributed by atoms with E-state index in [1.165, 1.54) is 18.9 Å². The molecule has 0 aromatic carbocycles. The molecule has 1 saturated heterocycles. The van der Waals surface area contributed by atoms with Crippen LogP contribution in [0.2, 0.25) is 0 Å². The number of esters is 1. The number of likely N-dealkylation sites (tertiary alicyclic amines) is 1. The van der Waals surface area contributed by atoms with Crippen molar-refractivity contribution in [3.05, 3.63) is 0 Å². The molecule has 0 saturated carbocycles. The maximum Gasteiger partial charge on any atom is 0.328 e. The third kappa shape index (κ3) is 4.07. The summed E-state index contributed by atoms with van der Waals surface area (Å²) in [6, 6.07) is -0.850. The molecule has 0 N–H and O–H groups in total. The Bertz CT molecular complexity index is 453. The molecule has 0 aliphatic carbocycles. The second-order valence-corrected chi connectivity index (χ2v) is 6.77. The summed E-state index contributed by atoms with van der Waals surface area (Å²) in [4.78, 5) is 24.5. The maximum atomic E-state index is 12.9. The zero-order valence-electron chi connectivity index (χ0n) is 10.7. The zero-order valence-corrected chi connectivity index (χ0v) is 12.3. The van der Waals surface area contributed by atoms with Crippen LogP contribution in [0.15, 0.2) is 0 Å². The van der Waals surface area contributed by atoms with Gasteiger partial charge >= 0.3 is 16.2 Å². The second-order valence-electron chi connectivity index (χ2n) is 4.17. The predicted molar refractivity (Wildman–Crippen MR) is 68.9 cm³/mol. The van der Waals surface area contributed by atoms with Crippen LogP contribution in [0.5, 0.6) is 0 Å². The zero-order chi connectivity index (χ0) is 14.6. The fourth-order valence-electron chi connectivity index (χ4n) is 1.95. The highest BCUT2D eigenvalue weighted by atomic mass is 32.3. The van der Waals surface area contributed by atoms with Gasteiger partial charge in [-0.3, -0.25) is 4.79 Å². The molecule has 110 valence electrons. The number of halogens is 1. The Balaban J connectivity index is 2.85. The van der Waals surface area contributed by atoms with Crippen molar-refractivity contribution in [1.29, 1.82) is 0 Å². The molecule has 1 amide bonds. The quantitative estimate of drug-likeness (QED) is 0.514. The van der Waals surface area contributed by atoms with Crippen LogP contribution in [0.1, 0.15) is 12.8 Å². The fraction of sp³-hybridized carbons (Fsp3) is 0.800. The number of rotatable bonds is 6. The monoisotopic (exact) mass is 313 g/mol. The van der Waals surface area contributed by atoms with Gasteiger partial charge in [-0.2, -0.15) is 20.2 Å². The van der Waals surface area contributed by atoms with Gasteiger partial charge in [-0.05, 0) is 18.4 Å². The maximum absolute atomic E-state index is 12.9. The highest BCUT2D eigenvalue weighted by Gasteiger charge is 2.43. The van der Waals surface area contributed by atoms with Crippen molar-refractivity contribution in [2.45, 2.75) is 24.1 Å². The number of carbonyl (C=O) groups excluding carboxylic acids is 2. The Morgan fingerprint density at radius 1 is 1.63 bits per heavy atom. The van der Waals surface area contributed by atoms with Gasteiger partial charge in [0.25, 0.3) is 0 Å². The number of hydrogen-bond acceptors (Lipinski definition) is 6. The number of hydrogen-bond donors (Lipinski definition) is 0. The molecule has 19 heavy (non-hydrogen) atoms. The number of carbonyl (C=O) groups is 2. The Kier molecular flexibility index (Phi) is 5.60. The van der Waals surface area contributed by atoms with Crippen molar-refractivity contribution >= 4 is 33.9 Å². The van der Waals surface area contributed by atoms with Crippen LogP contribution in [-0.2, 0) is 24.5 Å². The molecule has 0 aromatic rings. The first kappa shape index (κ1) is 16.2. The molecule has 1 fully saturated rings. The summed E-state index contributed by atoms with van der Waals surface area (Å²) >= 11 is 1.49. The molecule has 0 bridgehead atoms. The molecule has 1 aliphatic rings. The van der Waals surface area contributed by atoms with E-state index < -0.39 is 39.8 Å². The minimum absolute atomic E-state index is 0.300. The fourth-order valence-corrected chi connectivity index (χ4v) is 3.09. The van der Waals surface area contributed by atoms with Gasteiger partial charge in [0, 0.05) is 13.0 Å². The average Bonchev–Trinajstić information content (AvgIpc) is 2.71. The second kappa shape index (κ2) is 6.56. The number of ether oxygens (including phenoxy) is 1. The van der Waals surface area contributed by atoms with Gasteiger partial charge in [0.05, 0.1) is 7.11 Å². The lowest BCUT2D eigenvalue weighted by atomic mass is 10.2. The average molecular weight is 313 g/mol. The molecule has 1 aliphatic heterocycles. The summed E-state index contributed by atoms with van der Waals surface area (Å²) in [5, 5.41) is -1.39. The molecule has 2 unspecified atom stereocenters.